The van der Waals surface area contributed by atoms with Crippen LogP contribution in [0.25, 0.3) is 0 Å². The number of aliphatic hydroxyl groups excluding tert-OH is 1. The van der Waals surface area contributed by atoms with Crippen molar-refractivity contribution in [3.8, 4) is 0 Å². The summed E-state index contributed by atoms with van der Waals surface area (Å²) >= 11 is 0. The minimum Gasteiger partial charge on any atom is -0.462 e. The fourth-order valence-electron chi connectivity index (χ4n) is 11.2. The molecule has 0 saturated carbocycles. The van der Waals surface area contributed by atoms with Crippen molar-refractivity contribution in [2.24, 2.45) is 5.92 Å². The highest BCUT2D eigenvalue weighted by Gasteiger charge is 2.30. The van der Waals surface area contributed by atoms with Crippen LogP contribution in [0.2, 0.25) is 0 Å². The molecule has 0 fully saturated rings. The largest absolute Gasteiger partial charge is 0.472 e. The SMILES string of the molecule is CCCCCCCCCCCCCCCC(=O)OC[C@H](COP(=O)(O)OC[C@@H](O)COP(=O)(O)OC[C@@H](COC(=O)CCCCCCCCC)OC(=O)CCCCCCCCCCCCCCC)OC(=O)CCCCCCCCCCCCCCCCCCC(C)C. The van der Waals surface area contributed by atoms with Crippen molar-refractivity contribution in [3.05, 3.63) is 0 Å². The first kappa shape index (κ1) is 90.1. The van der Waals surface area contributed by atoms with E-state index in [1.807, 2.05) is 0 Å². The van der Waals surface area contributed by atoms with Gasteiger partial charge in [-0.25, -0.2) is 9.13 Å². The number of hydrogen-bond donors (Lipinski definition) is 3. The summed E-state index contributed by atoms with van der Waals surface area (Å²) in [5.74, 6) is -1.31. The monoisotopic (exact) mass is 1350 g/mol. The van der Waals surface area contributed by atoms with Gasteiger partial charge in [0.25, 0.3) is 0 Å². The van der Waals surface area contributed by atoms with Crippen molar-refractivity contribution < 1.29 is 80.2 Å². The Morgan fingerprint density at radius 2 is 0.500 bits per heavy atom. The predicted octanol–water partition coefficient (Wildman–Crippen LogP) is 21.3. The third-order valence-electron chi connectivity index (χ3n) is 17.0. The van der Waals surface area contributed by atoms with Gasteiger partial charge in [0.15, 0.2) is 12.2 Å². The van der Waals surface area contributed by atoms with Crippen LogP contribution in [0.3, 0.4) is 0 Å². The fraction of sp³-hybridized carbons (Fsp3) is 0.945. The molecule has 546 valence electrons. The van der Waals surface area contributed by atoms with Crippen LogP contribution in [-0.2, 0) is 65.4 Å². The average Bonchev–Trinajstić information content (AvgIpc) is 2.07. The van der Waals surface area contributed by atoms with Crippen molar-refractivity contribution in [2.75, 3.05) is 39.6 Å². The number of rotatable bonds is 73. The molecule has 0 aromatic carbocycles. The molecule has 0 bridgehead atoms. The number of carbonyl (C=O) groups excluding carboxylic acids is 4. The van der Waals surface area contributed by atoms with E-state index in [0.717, 1.165) is 109 Å². The Balaban J connectivity index is 5.18. The molecule has 0 spiro atoms. The van der Waals surface area contributed by atoms with Crippen molar-refractivity contribution in [2.45, 2.75) is 400 Å². The maximum Gasteiger partial charge on any atom is 0.472 e. The van der Waals surface area contributed by atoms with Gasteiger partial charge in [0.1, 0.15) is 19.3 Å². The maximum absolute atomic E-state index is 13.0. The quantitative estimate of drug-likeness (QED) is 0.0222. The molecule has 19 heteroatoms. The minimum atomic E-state index is -4.95. The summed E-state index contributed by atoms with van der Waals surface area (Å²) in [7, 11) is -9.90. The van der Waals surface area contributed by atoms with Crippen LogP contribution in [0.15, 0.2) is 0 Å². The number of phosphoric ester groups is 2. The lowest BCUT2D eigenvalue weighted by Gasteiger charge is -2.21. The molecule has 0 aliphatic carbocycles. The normalized spacial score (nSPS) is 14.0. The van der Waals surface area contributed by atoms with Gasteiger partial charge in [0, 0.05) is 25.7 Å². The van der Waals surface area contributed by atoms with Crippen molar-refractivity contribution >= 4 is 39.5 Å². The van der Waals surface area contributed by atoms with Gasteiger partial charge in [-0.3, -0.25) is 37.3 Å². The lowest BCUT2D eigenvalue weighted by atomic mass is 10.0. The first-order chi connectivity index (χ1) is 44.5. The average molecular weight is 1350 g/mol. The first-order valence-electron chi connectivity index (χ1n) is 38.1. The van der Waals surface area contributed by atoms with Gasteiger partial charge in [-0.2, -0.15) is 0 Å². The summed E-state index contributed by atoms with van der Waals surface area (Å²) in [6.45, 7) is 7.27. The number of phosphoric acid groups is 2. The van der Waals surface area contributed by atoms with Crippen LogP contribution < -0.4 is 0 Å². The number of hydrogen-bond acceptors (Lipinski definition) is 15. The fourth-order valence-corrected chi connectivity index (χ4v) is 12.8. The van der Waals surface area contributed by atoms with Crippen LogP contribution in [0, 0.1) is 5.92 Å². The zero-order valence-electron chi connectivity index (χ0n) is 59.7. The van der Waals surface area contributed by atoms with E-state index < -0.39 is 97.5 Å². The summed E-state index contributed by atoms with van der Waals surface area (Å²) in [5, 5.41) is 10.6. The van der Waals surface area contributed by atoms with E-state index in [2.05, 4.69) is 34.6 Å². The Morgan fingerprint density at radius 1 is 0.293 bits per heavy atom. The van der Waals surface area contributed by atoms with Gasteiger partial charge < -0.3 is 33.8 Å². The molecule has 17 nitrogen and oxygen atoms in total. The van der Waals surface area contributed by atoms with Crippen molar-refractivity contribution in [3.63, 3.8) is 0 Å². The van der Waals surface area contributed by atoms with Gasteiger partial charge in [-0.05, 0) is 31.6 Å². The van der Waals surface area contributed by atoms with Crippen molar-refractivity contribution in [1.82, 2.24) is 0 Å². The second-order valence-electron chi connectivity index (χ2n) is 26.8. The lowest BCUT2D eigenvalue weighted by Crippen LogP contribution is -2.30. The smallest absolute Gasteiger partial charge is 0.462 e. The Morgan fingerprint density at radius 3 is 0.739 bits per heavy atom. The van der Waals surface area contributed by atoms with Crippen LogP contribution in [-0.4, -0.2) is 96.7 Å². The van der Waals surface area contributed by atoms with E-state index in [1.165, 1.54) is 193 Å². The van der Waals surface area contributed by atoms with E-state index in [1.54, 1.807) is 0 Å². The van der Waals surface area contributed by atoms with E-state index in [-0.39, 0.29) is 25.7 Å². The molecule has 0 heterocycles. The third kappa shape index (κ3) is 66.7. The predicted molar refractivity (Wildman–Crippen MR) is 372 cm³/mol. The van der Waals surface area contributed by atoms with E-state index in [4.69, 9.17) is 37.0 Å². The van der Waals surface area contributed by atoms with Gasteiger partial charge in [-0.15, -0.1) is 0 Å². The topological polar surface area (TPSA) is 237 Å². The van der Waals surface area contributed by atoms with Gasteiger partial charge >= 0.3 is 39.5 Å². The second kappa shape index (κ2) is 66.3. The lowest BCUT2D eigenvalue weighted by molar-refractivity contribution is -0.161. The molecule has 5 atom stereocenters. The van der Waals surface area contributed by atoms with Gasteiger partial charge in [-0.1, -0.05) is 330 Å². The molecule has 0 aromatic heterocycles. The zero-order chi connectivity index (χ0) is 67.7. The molecule has 0 aromatic rings. The molecular weight excluding hydrogens is 1210 g/mol. The van der Waals surface area contributed by atoms with Gasteiger partial charge in [0.05, 0.1) is 26.4 Å². The Hall–Kier alpha value is -1.94. The molecule has 0 rings (SSSR count). The van der Waals surface area contributed by atoms with Crippen LogP contribution in [0.1, 0.15) is 381 Å². The molecule has 0 radical (unpaired) electrons. The first-order valence-corrected chi connectivity index (χ1v) is 41.1. The number of carbonyl (C=O) groups is 4. The van der Waals surface area contributed by atoms with E-state index in [9.17, 15) is 43.2 Å². The summed E-state index contributed by atoms with van der Waals surface area (Å²) in [6.07, 6.45) is 54.1. The zero-order valence-corrected chi connectivity index (χ0v) is 61.5. The number of aliphatic hydroxyl groups is 1. The maximum atomic E-state index is 13.0. The highest BCUT2D eigenvalue weighted by Crippen LogP contribution is 2.45. The second-order valence-corrected chi connectivity index (χ2v) is 29.7. The Kier molecular flexibility index (Phi) is 64.9. The highest BCUT2D eigenvalue weighted by atomic mass is 31.2. The molecule has 92 heavy (non-hydrogen) atoms. The Bertz CT molecular complexity index is 1770. The molecule has 2 unspecified atom stereocenters. The highest BCUT2D eigenvalue weighted by molar-refractivity contribution is 7.47. The Labute approximate surface area is 562 Å². The number of esters is 4. The summed E-state index contributed by atoms with van der Waals surface area (Å²) in [4.78, 5) is 72.5. The number of unbranched alkanes of at least 4 members (excludes halogenated alkanes) is 45. The summed E-state index contributed by atoms with van der Waals surface area (Å²) in [5.41, 5.74) is 0. The molecule has 0 aliphatic rings. The molecule has 0 aliphatic heterocycles. The van der Waals surface area contributed by atoms with E-state index in [0.29, 0.717) is 25.7 Å². The third-order valence-corrected chi connectivity index (χ3v) is 18.9. The van der Waals surface area contributed by atoms with Crippen LogP contribution >= 0.6 is 15.6 Å². The van der Waals surface area contributed by atoms with Crippen LogP contribution in [0.5, 0.6) is 0 Å². The molecular formula is C73H142O17P2. The summed E-state index contributed by atoms with van der Waals surface area (Å²) < 4.78 is 68.3. The van der Waals surface area contributed by atoms with E-state index >= 15 is 0 Å². The standard InChI is InChI=1S/C73H142O17P2/c1-6-9-12-15-18-20-22-28-33-37-42-47-52-57-71(76)84-63-69(90-73(78)59-54-49-44-39-35-31-27-25-24-26-30-32-36-41-45-50-55-66(4)5)65-88-92(81,82)86-61-67(74)60-85-91(79,80)87-64-68(62-83-70(75)56-51-46-40-17-14-11-8-3)89-72(77)58-53-48-43-38-34-29-23-21-19-16-13-10-7-2/h66-69,74H,6-65H2,1-5H3,(H,79,80)(H,81,82)/t67-,68+,69+/m0/s1. The minimum absolute atomic E-state index is 0.108. The molecule has 3 N–H and O–H groups in total. The molecule has 0 amide bonds. The number of ether oxygens (including phenoxy) is 4. The van der Waals surface area contributed by atoms with Crippen molar-refractivity contribution in [1.29, 1.82) is 0 Å². The molecule has 0 saturated heterocycles. The van der Waals surface area contributed by atoms with Crippen LogP contribution in [0.4, 0.5) is 0 Å². The van der Waals surface area contributed by atoms with Gasteiger partial charge in [0.2, 0.25) is 0 Å². The summed E-state index contributed by atoms with van der Waals surface area (Å²) in [6, 6.07) is 0.